The SMILES string of the molecule is COc1cc(O)c(F)c(C(N)CO)c1OC. The summed E-state index contributed by atoms with van der Waals surface area (Å²) >= 11 is 0. The summed E-state index contributed by atoms with van der Waals surface area (Å²) in [6, 6.07) is 0.0952. The van der Waals surface area contributed by atoms with Crippen LogP contribution in [0.1, 0.15) is 11.6 Å². The Hall–Kier alpha value is -1.53. The van der Waals surface area contributed by atoms with Crippen LogP contribution in [0, 0.1) is 5.82 Å². The van der Waals surface area contributed by atoms with Crippen molar-refractivity contribution in [2.75, 3.05) is 20.8 Å². The van der Waals surface area contributed by atoms with E-state index in [0.29, 0.717) is 0 Å². The van der Waals surface area contributed by atoms with E-state index in [4.69, 9.17) is 20.3 Å². The zero-order valence-corrected chi connectivity index (χ0v) is 9.03. The molecule has 0 aliphatic heterocycles. The number of methoxy groups -OCH3 is 2. The molecular weight excluding hydrogens is 217 g/mol. The van der Waals surface area contributed by atoms with Gasteiger partial charge in [0, 0.05) is 6.07 Å². The fourth-order valence-electron chi connectivity index (χ4n) is 1.41. The van der Waals surface area contributed by atoms with Crippen molar-refractivity contribution in [2.45, 2.75) is 6.04 Å². The van der Waals surface area contributed by atoms with Crippen molar-refractivity contribution in [3.8, 4) is 17.2 Å². The number of phenolic OH excluding ortho intramolecular Hbond substituents is 1. The van der Waals surface area contributed by atoms with E-state index in [1.807, 2.05) is 0 Å². The Morgan fingerprint density at radius 1 is 1.44 bits per heavy atom. The summed E-state index contributed by atoms with van der Waals surface area (Å²) in [5.74, 6) is -1.30. The molecule has 5 nitrogen and oxygen atoms in total. The number of halogens is 1. The molecule has 16 heavy (non-hydrogen) atoms. The summed E-state index contributed by atoms with van der Waals surface area (Å²) in [6.45, 7) is -0.472. The van der Waals surface area contributed by atoms with Gasteiger partial charge in [0.1, 0.15) is 0 Å². The van der Waals surface area contributed by atoms with Gasteiger partial charge in [-0.15, -0.1) is 0 Å². The quantitative estimate of drug-likeness (QED) is 0.704. The molecule has 1 atom stereocenters. The van der Waals surface area contributed by atoms with Gasteiger partial charge in [-0.05, 0) is 0 Å². The summed E-state index contributed by atoms with van der Waals surface area (Å²) in [5.41, 5.74) is 5.42. The number of hydrogen-bond acceptors (Lipinski definition) is 5. The van der Waals surface area contributed by atoms with Gasteiger partial charge in [0.25, 0.3) is 0 Å². The third-order valence-electron chi connectivity index (χ3n) is 2.19. The first kappa shape index (κ1) is 12.5. The van der Waals surface area contributed by atoms with Crippen LogP contribution in [-0.2, 0) is 0 Å². The number of aliphatic hydroxyl groups excluding tert-OH is 1. The van der Waals surface area contributed by atoms with Gasteiger partial charge in [0.05, 0.1) is 32.4 Å². The smallest absolute Gasteiger partial charge is 0.173 e. The highest BCUT2D eigenvalue weighted by Crippen LogP contribution is 2.40. The molecule has 1 aromatic carbocycles. The van der Waals surface area contributed by atoms with Crippen LogP contribution in [-0.4, -0.2) is 31.0 Å². The highest BCUT2D eigenvalue weighted by molar-refractivity contribution is 5.53. The van der Waals surface area contributed by atoms with Crippen LogP contribution < -0.4 is 15.2 Å². The third-order valence-corrected chi connectivity index (χ3v) is 2.19. The van der Waals surface area contributed by atoms with Crippen molar-refractivity contribution in [1.82, 2.24) is 0 Å². The molecule has 0 aliphatic carbocycles. The molecule has 0 radical (unpaired) electrons. The third kappa shape index (κ3) is 2.02. The van der Waals surface area contributed by atoms with Crippen LogP contribution in [0.2, 0.25) is 0 Å². The second-order valence-corrected chi connectivity index (χ2v) is 3.15. The lowest BCUT2D eigenvalue weighted by Crippen LogP contribution is -2.17. The second kappa shape index (κ2) is 5.00. The van der Waals surface area contributed by atoms with Crippen LogP contribution in [0.3, 0.4) is 0 Å². The van der Waals surface area contributed by atoms with E-state index in [1.54, 1.807) is 0 Å². The number of benzene rings is 1. The Morgan fingerprint density at radius 3 is 2.50 bits per heavy atom. The van der Waals surface area contributed by atoms with Crippen molar-refractivity contribution in [2.24, 2.45) is 5.73 Å². The fraction of sp³-hybridized carbons (Fsp3) is 0.400. The molecule has 1 aromatic rings. The highest BCUT2D eigenvalue weighted by atomic mass is 19.1. The maximum Gasteiger partial charge on any atom is 0.173 e. The maximum atomic E-state index is 13.6. The molecule has 0 amide bonds. The zero-order valence-electron chi connectivity index (χ0n) is 9.03. The number of nitrogens with two attached hydrogens (primary N) is 1. The standard InChI is InChI=1S/C10H14FNO4/c1-15-7-3-6(14)9(11)8(5(12)4-13)10(7)16-2/h3,5,13-14H,4,12H2,1-2H3. The Labute approximate surface area is 92.2 Å². The molecule has 4 N–H and O–H groups in total. The molecule has 0 saturated heterocycles. The molecule has 1 rings (SSSR count). The summed E-state index contributed by atoms with van der Waals surface area (Å²) in [6.07, 6.45) is 0. The van der Waals surface area contributed by atoms with Crippen molar-refractivity contribution in [1.29, 1.82) is 0 Å². The van der Waals surface area contributed by atoms with Crippen molar-refractivity contribution in [3.63, 3.8) is 0 Å². The van der Waals surface area contributed by atoms with Gasteiger partial charge >= 0.3 is 0 Å². The Bertz CT molecular complexity index is 384. The average molecular weight is 231 g/mol. The van der Waals surface area contributed by atoms with Crippen LogP contribution in [0.4, 0.5) is 4.39 Å². The largest absolute Gasteiger partial charge is 0.505 e. The summed E-state index contributed by atoms with van der Waals surface area (Å²) < 4.78 is 23.5. The minimum atomic E-state index is -0.990. The lowest BCUT2D eigenvalue weighted by Gasteiger charge is -2.17. The normalized spacial score (nSPS) is 12.3. The highest BCUT2D eigenvalue weighted by Gasteiger charge is 2.23. The number of aliphatic hydroxyl groups is 1. The van der Waals surface area contributed by atoms with Crippen LogP contribution >= 0.6 is 0 Å². The molecule has 6 heteroatoms. The van der Waals surface area contributed by atoms with Crippen LogP contribution in [0.5, 0.6) is 17.2 Å². The topological polar surface area (TPSA) is 84.9 Å². The first-order valence-corrected chi connectivity index (χ1v) is 4.56. The molecule has 0 aromatic heterocycles. The number of rotatable bonds is 4. The van der Waals surface area contributed by atoms with E-state index in [-0.39, 0.29) is 17.1 Å². The van der Waals surface area contributed by atoms with E-state index in [2.05, 4.69) is 0 Å². The molecular formula is C10H14FNO4. The molecule has 90 valence electrons. The molecule has 1 unspecified atom stereocenters. The van der Waals surface area contributed by atoms with E-state index in [0.717, 1.165) is 6.07 Å². The molecule has 0 aliphatic rings. The minimum Gasteiger partial charge on any atom is -0.505 e. The Kier molecular flexibility index (Phi) is 3.92. The number of aromatic hydroxyl groups is 1. The number of hydrogen-bond donors (Lipinski definition) is 3. The maximum absolute atomic E-state index is 13.6. The van der Waals surface area contributed by atoms with Gasteiger partial charge in [-0.25, -0.2) is 4.39 Å². The summed E-state index contributed by atoms with van der Waals surface area (Å²) in [7, 11) is 2.67. The molecule has 0 fully saturated rings. The van der Waals surface area contributed by atoms with E-state index < -0.39 is 24.2 Å². The van der Waals surface area contributed by atoms with Gasteiger partial charge in [0.2, 0.25) is 0 Å². The van der Waals surface area contributed by atoms with Crippen LogP contribution in [0.25, 0.3) is 0 Å². The Balaban J connectivity index is 3.46. The monoisotopic (exact) mass is 231 g/mol. The molecule has 0 bridgehead atoms. The van der Waals surface area contributed by atoms with Gasteiger partial charge in [-0.1, -0.05) is 0 Å². The number of ether oxygens (including phenoxy) is 2. The van der Waals surface area contributed by atoms with Gasteiger partial charge in [-0.2, -0.15) is 0 Å². The van der Waals surface area contributed by atoms with E-state index in [1.165, 1.54) is 14.2 Å². The number of phenols is 1. The van der Waals surface area contributed by atoms with Crippen molar-refractivity contribution < 1.29 is 24.1 Å². The van der Waals surface area contributed by atoms with E-state index in [9.17, 15) is 9.50 Å². The first-order chi connectivity index (χ1) is 7.56. The summed E-state index contributed by atoms with van der Waals surface area (Å²) in [4.78, 5) is 0. The van der Waals surface area contributed by atoms with Crippen molar-refractivity contribution >= 4 is 0 Å². The second-order valence-electron chi connectivity index (χ2n) is 3.15. The van der Waals surface area contributed by atoms with Gasteiger partial charge in [-0.3, -0.25) is 0 Å². The first-order valence-electron chi connectivity index (χ1n) is 4.56. The lowest BCUT2D eigenvalue weighted by molar-refractivity contribution is 0.258. The van der Waals surface area contributed by atoms with Gasteiger partial charge in [0.15, 0.2) is 23.1 Å². The Morgan fingerprint density at radius 2 is 2.06 bits per heavy atom. The minimum absolute atomic E-state index is 0.0688. The lowest BCUT2D eigenvalue weighted by atomic mass is 10.0. The average Bonchev–Trinajstić information content (AvgIpc) is 2.30. The zero-order chi connectivity index (χ0) is 12.3. The predicted octanol–water partition coefficient (Wildman–Crippen LogP) is 0.541. The van der Waals surface area contributed by atoms with Gasteiger partial charge < -0.3 is 25.4 Å². The molecule has 0 saturated carbocycles. The molecule has 0 spiro atoms. The molecule has 0 heterocycles. The fourth-order valence-corrected chi connectivity index (χ4v) is 1.41. The van der Waals surface area contributed by atoms with Crippen LogP contribution in [0.15, 0.2) is 6.07 Å². The summed E-state index contributed by atoms with van der Waals surface area (Å²) in [5, 5.41) is 18.2. The van der Waals surface area contributed by atoms with E-state index >= 15 is 0 Å². The predicted molar refractivity (Wildman–Crippen MR) is 55.2 cm³/mol. The van der Waals surface area contributed by atoms with Crippen molar-refractivity contribution in [3.05, 3.63) is 17.4 Å².